The number of esters is 1. The average Bonchev–Trinajstić information content (AvgIpc) is 3.08. The number of rotatable bonds is 5. The molecular formula is C19H25NO6. The van der Waals surface area contributed by atoms with E-state index in [-0.39, 0.29) is 12.4 Å². The molecule has 2 rings (SSSR count). The molecule has 0 aromatic heterocycles. The standard InChI is InChI=1S/C19H25NO6/c1-19(2,3)26-18(23)20-11-5-6-15(20)17(22)25-12-16(21)13-7-9-14(24-4)10-8-13/h7-10,15H,5-6,11-12H2,1-4H3. The van der Waals surface area contributed by atoms with Crippen LogP contribution in [0.2, 0.25) is 0 Å². The summed E-state index contributed by atoms with van der Waals surface area (Å²) in [6, 6.07) is 5.83. The van der Waals surface area contributed by atoms with Crippen LogP contribution in [0.1, 0.15) is 44.0 Å². The van der Waals surface area contributed by atoms with Gasteiger partial charge >= 0.3 is 12.1 Å². The number of amides is 1. The van der Waals surface area contributed by atoms with Crippen molar-refractivity contribution < 1.29 is 28.6 Å². The summed E-state index contributed by atoms with van der Waals surface area (Å²) in [5.41, 5.74) is -0.215. The zero-order chi connectivity index (χ0) is 19.3. The molecule has 0 saturated carbocycles. The van der Waals surface area contributed by atoms with Gasteiger partial charge in [-0.3, -0.25) is 9.69 Å². The molecule has 1 heterocycles. The highest BCUT2D eigenvalue weighted by Crippen LogP contribution is 2.22. The molecule has 1 amide bonds. The molecule has 142 valence electrons. The summed E-state index contributed by atoms with van der Waals surface area (Å²) in [5.74, 6) is -0.268. The van der Waals surface area contributed by atoms with Crippen molar-refractivity contribution in [1.29, 1.82) is 0 Å². The topological polar surface area (TPSA) is 82.1 Å². The Morgan fingerprint density at radius 1 is 1.15 bits per heavy atom. The second kappa shape index (κ2) is 8.21. The molecule has 0 bridgehead atoms. The fourth-order valence-electron chi connectivity index (χ4n) is 2.64. The van der Waals surface area contributed by atoms with Gasteiger partial charge in [-0.1, -0.05) is 0 Å². The summed E-state index contributed by atoms with van der Waals surface area (Å²) in [5, 5.41) is 0. The van der Waals surface area contributed by atoms with E-state index in [1.807, 2.05) is 0 Å². The van der Waals surface area contributed by atoms with E-state index in [0.717, 1.165) is 0 Å². The van der Waals surface area contributed by atoms with Gasteiger partial charge in [0.15, 0.2) is 12.4 Å². The first-order chi connectivity index (χ1) is 12.2. The Morgan fingerprint density at radius 2 is 1.81 bits per heavy atom. The smallest absolute Gasteiger partial charge is 0.411 e. The molecule has 7 heteroatoms. The molecule has 0 aliphatic carbocycles. The number of hydrogen-bond donors (Lipinski definition) is 0. The van der Waals surface area contributed by atoms with Gasteiger partial charge in [0.25, 0.3) is 0 Å². The van der Waals surface area contributed by atoms with Crippen LogP contribution in [0.4, 0.5) is 4.79 Å². The van der Waals surface area contributed by atoms with Gasteiger partial charge in [-0.2, -0.15) is 0 Å². The lowest BCUT2D eigenvalue weighted by atomic mass is 10.1. The van der Waals surface area contributed by atoms with Gasteiger partial charge in [-0.15, -0.1) is 0 Å². The molecule has 0 radical (unpaired) electrons. The van der Waals surface area contributed by atoms with Crippen molar-refractivity contribution in [3.05, 3.63) is 29.8 Å². The predicted octanol–water partition coefficient (Wildman–Crippen LogP) is 2.82. The third-order valence-electron chi connectivity index (χ3n) is 3.91. The average molecular weight is 363 g/mol. The summed E-state index contributed by atoms with van der Waals surface area (Å²) >= 11 is 0. The number of benzene rings is 1. The van der Waals surface area contributed by atoms with Crippen molar-refractivity contribution in [2.24, 2.45) is 0 Å². The number of ketones is 1. The number of methoxy groups -OCH3 is 1. The highest BCUT2D eigenvalue weighted by Gasteiger charge is 2.37. The predicted molar refractivity (Wildman–Crippen MR) is 94.2 cm³/mol. The molecule has 1 unspecified atom stereocenters. The highest BCUT2D eigenvalue weighted by molar-refractivity contribution is 5.98. The largest absolute Gasteiger partial charge is 0.497 e. The lowest BCUT2D eigenvalue weighted by Gasteiger charge is -2.27. The van der Waals surface area contributed by atoms with Crippen LogP contribution in [0, 0.1) is 0 Å². The fourth-order valence-corrected chi connectivity index (χ4v) is 2.64. The number of carbonyl (C=O) groups is 3. The minimum Gasteiger partial charge on any atom is -0.497 e. The second-order valence-electron chi connectivity index (χ2n) is 7.09. The van der Waals surface area contributed by atoms with Crippen LogP contribution < -0.4 is 4.74 Å². The van der Waals surface area contributed by atoms with Crippen molar-refractivity contribution in [1.82, 2.24) is 4.90 Å². The summed E-state index contributed by atoms with van der Waals surface area (Å²) in [4.78, 5) is 38.0. The van der Waals surface area contributed by atoms with Crippen LogP contribution in [0.25, 0.3) is 0 Å². The summed E-state index contributed by atoms with van der Waals surface area (Å²) < 4.78 is 15.5. The lowest BCUT2D eigenvalue weighted by Crippen LogP contribution is -2.44. The van der Waals surface area contributed by atoms with Crippen LogP contribution in [0.3, 0.4) is 0 Å². The van der Waals surface area contributed by atoms with Gasteiger partial charge in [-0.25, -0.2) is 9.59 Å². The zero-order valence-corrected chi connectivity index (χ0v) is 15.6. The number of nitrogens with zero attached hydrogens (tertiary/aromatic N) is 1. The maximum absolute atomic E-state index is 12.3. The van der Waals surface area contributed by atoms with Crippen molar-refractivity contribution >= 4 is 17.8 Å². The Bertz CT molecular complexity index is 662. The third-order valence-corrected chi connectivity index (χ3v) is 3.91. The van der Waals surface area contributed by atoms with Crippen molar-refractivity contribution in [3.63, 3.8) is 0 Å². The molecule has 26 heavy (non-hydrogen) atoms. The van der Waals surface area contributed by atoms with Gasteiger partial charge in [0.1, 0.15) is 17.4 Å². The van der Waals surface area contributed by atoms with E-state index in [0.29, 0.717) is 30.7 Å². The van der Waals surface area contributed by atoms with Crippen LogP contribution in [0.15, 0.2) is 24.3 Å². The van der Waals surface area contributed by atoms with Gasteiger partial charge < -0.3 is 14.2 Å². The van der Waals surface area contributed by atoms with Gasteiger partial charge in [0.05, 0.1) is 7.11 Å². The third kappa shape index (κ3) is 5.21. The lowest BCUT2D eigenvalue weighted by molar-refractivity contribution is -0.147. The molecule has 1 aliphatic heterocycles. The van der Waals surface area contributed by atoms with E-state index < -0.39 is 23.7 Å². The number of carbonyl (C=O) groups excluding carboxylic acids is 3. The molecule has 1 aliphatic rings. The fraction of sp³-hybridized carbons (Fsp3) is 0.526. The monoisotopic (exact) mass is 363 g/mol. The van der Waals surface area contributed by atoms with E-state index in [1.165, 1.54) is 12.0 Å². The van der Waals surface area contributed by atoms with Crippen LogP contribution in [0.5, 0.6) is 5.75 Å². The van der Waals surface area contributed by atoms with Crippen molar-refractivity contribution in [2.45, 2.75) is 45.3 Å². The first-order valence-corrected chi connectivity index (χ1v) is 8.55. The number of hydrogen-bond acceptors (Lipinski definition) is 6. The highest BCUT2D eigenvalue weighted by atomic mass is 16.6. The first-order valence-electron chi connectivity index (χ1n) is 8.55. The summed E-state index contributed by atoms with van der Waals surface area (Å²) in [6.45, 7) is 5.36. The Morgan fingerprint density at radius 3 is 2.38 bits per heavy atom. The van der Waals surface area contributed by atoms with Crippen molar-refractivity contribution in [2.75, 3.05) is 20.3 Å². The van der Waals surface area contributed by atoms with Gasteiger partial charge in [-0.05, 0) is 57.9 Å². The molecular weight excluding hydrogens is 338 g/mol. The molecule has 1 saturated heterocycles. The first kappa shape index (κ1) is 19.8. The molecule has 7 nitrogen and oxygen atoms in total. The summed E-state index contributed by atoms with van der Waals surface area (Å²) in [6.07, 6.45) is 0.638. The van der Waals surface area contributed by atoms with E-state index in [2.05, 4.69) is 0 Å². The molecule has 1 fully saturated rings. The zero-order valence-electron chi connectivity index (χ0n) is 15.6. The van der Waals surface area contributed by atoms with Crippen LogP contribution in [-0.4, -0.2) is 54.7 Å². The Labute approximate surface area is 153 Å². The maximum Gasteiger partial charge on any atom is 0.411 e. The van der Waals surface area contributed by atoms with Crippen LogP contribution >= 0.6 is 0 Å². The minimum atomic E-state index is -0.714. The molecule has 1 aromatic rings. The molecule has 1 atom stereocenters. The minimum absolute atomic E-state index is 0.317. The van der Waals surface area contributed by atoms with Gasteiger partial charge in [0.2, 0.25) is 0 Å². The Kier molecular flexibility index (Phi) is 6.23. The molecule has 0 spiro atoms. The van der Waals surface area contributed by atoms with E-state index in [4.69, 9.17) is 14.2 Å². The Hall–Kier alpha value is -2.57. The van der Waals surface area contributed by atoms with Crippen molar-refractivity contribution in [3.8, 4) is 5.75 Å². The normalized spacial score (nSPS) is 16.9. The maximum atomic E-state index is 12.3. The second-order valence-corrected chi connectivity index (χ2v) is 7.09. The Balaban J connectivity index is 1.91. The number of likely N-dealkylation sites (tertiary alicyclic amines) is 1. The van der Waals surface area contributed by atoms with E-state index >= 15 is 0 Å². The van der Waals surface area contributed by atoms with Crippen LogP contribution in [-0.2, 0) is 14.3 Å². The quantitative estimate of drug-likeness (QED) is 0.591. The van der Waals surface area contributed by atoms with E-state index in [9.17, 15) is 14.4 Å². The van der Waals surface area contributed by atoms with Gasteiger partial charge in [0, 0.05) is 12.1 Å². The molecule has 0 N–H and O–H groups in total. The SMILES string of the molecule is COc1ccc(C(=O)COC(=O)C2CCCN2C(=O)OC(C)(C)C)cc1. The number of ether oxygens (including phenoxy) is 3. The van der Waals surface area contributed by atoms with E-state index in [1.54, 1.807) is 45.0 Å². The number of Topliss-reactive ketones (excluding diaryl/α,β-unsaturated/α-hetero) is 1. The molecule has 1 aromatic carbocycles. The summed E-state index contributed by atoms with van der Waals surface area (Å²) in [7, 11) is 1.54.